The van der Waals surface area contributed by atoms with Crippen molar-refractivity contribution in [1.82, 2.24) is 9.80 Å². The highest BCUT2D eigenvalue weighted by Crippen LogP contribution is 2.66. The summed E-state index contributed by atoms with van der Waals surface area (Å²) in [4.78, 5) is 5.64. The molecule has 3 aliphatic heterocycles. The molecule has 208 valence electrons. The molecule has 0 N–H and O–H groups in total. The molecular formula is C36H42N2O2. The number of methoxy groups -OCH3 is 1. The second-order valence-electron chi connectivity index (χ2n) is 13.4. The smallest absolute Gasteiger partial charge is 0.119 e. The molecule has 2 saturated carbocycles. The monoisotopic (exact) mass is 534 g/mol. The van der Waals surface area contributed by atoms with E-state index in [0.717, 1.165) is 44.2 Å². The molecule has 0 amide bonds. The molecule has 5 fully saturated rings. The first kappa shape index (κ1) is 25.1. The number of fused-ring (bicyclic) bond motifs is 3. The van der Waals surface area contributed by atoms with E-state index in [4.69, 9.17) is 9.47 Å². The van der Waals surface area contributed by atoms with Gasteiger partial charge in [-0.15, -0.1) is 0 Å². The predicted octanol–water partition coefficient (Wildman–Crippen LogP) is 6.37. The molecule has 40 heavy (non-hydrogen) atoms. The van der Waals surface area contributed by atoms with E-state index in [-0.39, 0.29) is 16.6 Å². The minimum atomic E-state index is -0.0909. The molecule has 4 bridgehead atoms. The lowest BCUT2D eigenvalue weighted by Crippen LogP contribution is -2.81. The second-order valence-corrected chi connectivity index (χ2v) is 13.4. The maximum atomic E-state index is 7.42. The lowest BCUT2D eigenvalue weighted by Gasteiger charge is -2.73. The molecule has 3 aliphatic carbocycles. The Morgan fingerprint density at radius 2 is 1.62 bits per heavy atom. The fraction of sp³-hybridized carbons (Fsp3) is 0.500. The Morgan fingerprint density at radius 3 is 2.25 bits per heavy atom. The first-order valence-electron chi connectivity index (χ1n) is 15.5. The van der Waals surface area contributed by atoms with Gasteiger partial charge in [-0.2, -0.15) is 0 Å². The fourth-order valence-electron chi connectivity index (χ4n) is 9.20. The van der Waals surface area contributed by atoms with Crippen LogP contribution in [0.2, 0.25) is 0 Å². The highest BCUT2D eigenvalue weighted by molar-refractivity contribution is 5.50. The molecule has 6 aliphatic rings. The van der Waals surface area contributed by atoms with Crippen molar-refractivity contribution in [3.8, 4) is 5.75 Å². The van der Waals surface area contributed by atoms with Gasteiger partial charge in [-0.05, 0) is 91.8 Å². The van der Waals surface area contributed by atoms with Crippen molar-refractivity contribution in [3.05, 3.63) is 101 Å². The van der Waals surface area contributed by atoms with Gasteiger partial charge in [0, 0.05) is 36.6 Å². The number of nitrogens with zero attached hydrogens (tertiary/aromatic N) is 2. The Morgan fingerprint density at radius 1 is 0.900 bits per heavy atom. The first-order valence-corrected chi connectivity index (χ1v) is 15.5. The topological polar surface area (TPSA) is 24.9 Å². The van der Waals surface area contributed by atoms with Gasteiger partial charge in [0.25, 0.3) is 0 Å². The SMILES string of the molecule is COc1ccc2c(c1)[C@]13CCN(CC4CC4)[C@H](C2)[C@]12CC[C@@](N(Cc1ccccc1)Cc1ccccc1)(CO2)C3. The van der Waals surface area contributed by atoms with Crippen molar-refractivity contribution in [2.45, 2.75) is 80.6 Å². The molecule has 3 aromatic rings. The Kier molecular flexibility index (Phi) is 5.92. The van der Waals surface area contributed by atoms with Gasteiger partial charge in [-0.25, -0.2) is 0 Å². The maximum Gasteiger partial charge on any atom is 0.119 e. The summed E-state index contributed by atoms with van der Waals surface area (Å²) in [5, 5.41) is 0. The Bertz CT molecular complexity index is 1320. The van der Waals surface area contributed by atoms with Crippen LogP contribution in [0.1, 0.15) is 60.8 Å². The zero-order valence-electron chi connectivity index (χ0n) is 23.9. The molecule has 0 aromatic heterocycles. The van der Waals surface area contributed by atoms with Crippen molar-refractivity contribution in [1.29, 1.82) is 0 Å². The summed E-state index contributed by atoms with van der Waals surface area (Å²) in [6.07, 6.45) is 8.64. The van der Waals surface area contributed by atoms with E-state index in [2.05, 4.69) is 88.7 Å². The average Bonchev–Trinajstić information content (AvgIpc) is 3.83. The second kappa shape index (κ2) is 9.44. The molecule has 4 atom stereocenters. The van der Waals surface area contributed by atoms with Crippen LogP contribution in [0.4, 0.5) is 0 Å². The minimum absolute atomic E-state index is 0.00827. The summed E-state index contributed by atoms with van der Waals surface area (Å²) >= 11 is 0. The highest BCUT2D eigenvalue weighted by atomic mass is 16.5. The van der Waals surface area contributed by atoms with Crippen molar-refractivity contribution >= 4 is 0 Å². The van der Waals surface area contributed by atoms with Crippen molar-refractivity contribution in [2.75, 3.05) is 26.8 Å². The zero-order valence-corrected chi connectivity index (χ0v) is 23.9. The van der Waals surface area contributed by atoms with Crippen molar-refractivity contribution in [2.24, 2.45) is 5.92 Å². The third-order valence-electron chi connectivity index (χ3n) is 11.3. The summed E-state index contributed by atoms with van der Waals surface area (Å²) in [7, 11) is 1.81. The van der Waals surface area contributed by atoms with Crippen LogP contribution in [0.3, 0.4) is 0 Å². The largest absolute Gasteiger partial charge is 0.497 e. The van der Waals surface area contributed by atoms with Crippen LogP contribution in [0.5, 0.6) is 5.75 Å². The van der Waals surface area contributed by atoms with Gasteiger partial charge < -0.3 is 9.47 Å². The summed E-state index contributed by atoms with van der Waals surface area (Å²) in [6, 6.07) is 29.6. The number of benzene rings is 3. The molecule has 1 spiro atoms. The van der Waals surface area contributed by atoms with Crippen LogP contribution in [-0.2, 0) is 29.7 Å². The lowest BCUT2D eigenvalue weighted by atomic mass is 9.45. The van der Waals surface area contributed by atoms with E-state index < -0.39 is 0 Å². The molecule has 3 aromatic carbocycles. The van der Waals surface area contributed by atoms with E-state index >= 15 is 0 Å². The molecular weight excluding hydrogens is 492 g/mol. The Hall–Kier alpha value is -2.66. The van der Waals surface area contributed by atoms with Gasteiger partial charge in [0.05, 0.1) is 19.3 Å². The standard InChI is InChI=1S/C36H42N2O2/c1-39-31-15-14-30-20-33-36-17-16-34(26-40-36,25-35(36,32(30)21-31)18-19-37(33)22-29-12-13-29)38(23-27-8-4-2-5-9-27)24-28-10-6-3-7-11-28/h2-11,14-15,21,29,33H,12-13,16-20,22-26H2,1H3/t33-,34+,35-,36-/m1/s1. The van der Waals surface area contributed by atoms with E-state index in [1.807, 2.05) is 7.11 Å². The number of ether oxygens (including phenoxy) is 2. The third kappa shape index (κ3) is 3.83. The lowest BCUT2D eigenvalue weighted by molar-refractivity contribution is -0.283. The van der Waals surface area contributed by atoms with Gasteiger partial charge in [-0.3, -0.25) is 9.80 Å². The van der Waals surface area contributed by atoms with E-state index in [0.29, 0.717) is 6.04 Å². The van der Waals surface area contributed by atoms with E-state index in [9.17, 15) is 0 Å². The Balaban J connectivity index is 1.23. The molecule has 3 heterocycles. The summed E-state index contributed by atoms with van der Waals surface area (Å²) in [5.41, 5.74) is 5.77. The average molecular weight is 535 g/mol. The van der Waals surface area contributed by atoms with Gasteiger partial charge in [-0.1, -0.05) is 66.7 Å². The van der Waals surface area contributed by atoms with E-state index in [1.165, 1.54) is 67.4 Å². The normalized spacial score (nSPS) is 32.5. The molecule has 0 radical (unpaired) electrons. The number of hydrogen-bond acceptors (Lipinski definition) is 4. The van der Waals surface area contributed by atoms with Gasteiger partial charge in [0.15, 0.2) is 0 Å². The van der Waals surface area contributed by atoms with Crippen molar-refractivity contribution < 1.29 is 9.47 Å². The van der Waals surface area contributed by atoms with Gasteiger partial charge in [0.2, 0.25) is 0 Å². The van der Waals surface area contributed by atoms with Crippen LogP contribution >= 0.6 is 0 Å². The highest BCUT2D eigenvalue weighted by Gasteiger charge is 2.72. The first-order chi connectivity index (χ1) is 19.6. The molecule has 4 nitrogen and oxygen atoms in total. The Labute approximate surface area is 239 Å². The number of piperidine rings is 1. The van der Waals surface area contributed by atoms with E-state index in [1.54, 1.807) is 0 Å². The van der Waals surface area contributed by atoms with Crippen LogP contribution in [0.25, 0.3) is 0 Å². The van der Waals surface area contributed by atoms with Crippen LogP contribution in [0, 0.1) is 5.92 Å². The zero-order chi connectivity index (χ0) is 26.8. The van der Waals surface area contributed by atoms with Crippen LogP contribution in [-0.4, -0.2) is 53.8 Å². The molecule has 4 heteroatoms. The molecule has 0 unspecified atom stereocenters. The third-order valence-corrected chi connectivity index (χ3v) is 11.3. The summed E-state index contributed by atoms with van der Waals surface area (Å²) in [5.74, 6) is 1.89. The van der Waals surface area contributed by atoms with Crippen LogP contribution in [0.15, 0.2) is 78.9 Å². The summed E-state index contributed by atoms with van der Waals surface area (Å²) < 4.78 is 13.2. The predicted molar refractivity (Wildman–Crippen MR) is 158 cm³/mol. The van der Waals surface area contributed by atoms with Crippen molar-refractivity contribution in [3.63, 3.8) is 0 Å². The fourth-order valence-corrected chi connectivity index (χ4v) is 9.20. The van der Waals surface area contributed by atoms with Gasteiger partial charge in [0.1, 0.15) is 5.75 Å². The maximum absolute atomic E-state index is 7.42. The van der Waals surface area contributed by atoms with Gasteiger partial charge >= 0.3 is 0 Å². The minimum Gasteiger partial charge on any atom is -0.497 e. The molecule has 9 rings (SSSR count). The van der Waals surface area contributed by atoms with Crippen LogP contribution < -0.4 is 4.74 Å². The number of rotatable bonds is 8. The summed E-state index contributed by atoms with van der Waals surface area (Å²) in [6.45, 7) is 5.18. The quantitative estimate of drug-likeness (QED) is 0.335. The number of hydrogen-bond donors (Lipinski definition) is 0. The number of likely N-dealkylation sites (tertiary alicyclic amines) is 1. The molecule has 3 saturated heterocycles.